The molecular weight excluding hydrogens is 737 g/mol. The summed E-state index contributed by atoms with van der Waals surface area (Å²) in [6, 6.07) is 21.3. The zero-order valence-corrected chi connectivity index (χ0v) is 37.4. The van der Waals surface area contributed by atoms with Crippen molar-refractivity contribution in [3.05, 3.63) is 60.7 Å². The molecule has 0 fully saturated rings. The largest absolute Gasteiger partial charge is 0.414 e. The van der Waals surface area contributed by atoms with Crippen molar-refractivity contribution in [2.45, 2.75) is 64.7 Å². The third-order valence-corrected chi connectivity index (χ3v) is 19.0. The number of rotatable bonds is 34. The molecule has 0 saturated carbocycles. The highest BCUT2D eigenvalue weighted by Gasteiger charge is 2.50. The summed E-state index contributed by atoms with van der Waals surface area (Å²) >= 11 is 0. The number of hydrogen-bond acceptors (Lipinski definition) is 11. The molecule has 0 N–H and O–H groups in total. The fraction of sp³-hybridized carbons (Fsp3) is 0.714. The van der Waals surface area contributed by atoms with Gasteiger partial charge in [-0.2, -0.15) is 0 Å². The van der Waals surface area contributed by atoms with Crippen molar-refractivity contribution in [1.29, 1.82) is 0 Å². The van der Waals surface area contributed by atoms with Gasteiger partial charge in [0.05, 0.1) is 132 Å². The normalized spacial score (nSPS) is 12.8. The summed E-state index contributed by atoms with van der Waals surface area (Å²) in [5.41, 5.74) is 0. The molecule has 0 aliphatic carbocycles. The van der Waals surface area contributed by atoms with Gasteiger partial charge in [0.1, 0.15) is 0 Å². The van der Waals surface area contributed by atoms with E-state index < -0.39 is 16.6 Å². The minimum atomic E-state index is -2.54. The number of benzene rings is 2. The summed E-state index contributed by atoms with van der Waals surface area (Å²) in [4.78, 5) is 0. The molecule has 0 aliphatic rings. The van der Waals surface area contributed by atoms with Crippen LogP contribution in [-0.4, -0.2) is 149 Å². The van der Waals surface area contributed by atoms with E-state index in [0.717, 1.165) is 0 Å². The molecule has 0 saturated heterocycles. The first-order valence-corrected chi connectivity index (χ1v) is 24.8. The highest BCUT2D eigenvalue weighted by molar-refractivity contribution is 6.99. The van der Waals surface area contributed by atoms with Crippen LogP contribution in [0.4, 0.5) is 0 Å². The van der Waals surface area contributed by atoms with Crippen molar-refractivity contribution in [3.63, 3.8) is 0 Å². The van der Waals surface area contributed by atoms with Gasteiger partial charge in [-0.15, -0.1) is 0 Å². The van der Waals surface area contributed by atoms with E-state index in [0.29, 0.717) is 132 Å². The molecule has 13 heteroatoms. The molecule has 2 aromatic carbocycles. The molecule has 0 bridgehead atoms. The molecule has 0 unspecified atom stereocenters. The Labute approximate surface area is 335 Å². The standard InChI is InChI=1S/C42H74O11Si2/c1-41(2,3)54(7,8)52-37-35-50-33-31-48-29-27-46-25-23-44-21-19-43-20-22-45-24-26-47-28-30-49-32-34-51-36-38-53-55(42(4,5)6,39-15-11-9-12-16-39)40-17-13-10-14-18-40/h9-18H,19-38H2,1-8H3. The van der Waals surface area contributed by atoms with Crippen LogP contribution >= 0.6 is 0 Å². The maximum absolute atomic E-state index is 6.85. The SMILES string of the molecule is CC(C)(C)[Si](C)(C)OCCOCCOCCOCCOCCOCCOCCOCCOCCOCCO[Si](c1ccccc1)(c1ccccc1)C(C)(C)C. The quantitative estimate of drug-likeness (QED) is 0.0640. The first-order valence-electron chi connectivity index (χ1n) is 20.0. The van der Waals surface area contributed by atoms with Gasteiger partial charge in [0.2, 0.25) is 0 Å². The molecule has 2 rings (SSSR count). The minimum absolute atomic E-state index is 0.0554. The van der Waals surface area contributed by atoms with Gasteiger partial charge in [-0.05, 0) is 33.5 Å². The van der Waals surface area contributed by atoms with Crippen molar-refractivity contribution in [3.8, 4) is 0 Å². The Morgan fingerprint density at radius 3 is 0.800 bits per heavy atom. The van der Waals surface area contributed by atoms with Crippen molar-refractivity contribution >= 4 is 27.0 Å². The van der Waals surface area contributed by atoms with Crippen LogP contribution in [0.15, 0.2) is 60.7 Å². The summed E-state index contributed by atoms with van der Waals surface area (Å²) < 4.78 is 63.4. The maximum atomic E-state index is 6.85. The molecule has 0 aromatic heterocycles. The second-order valence-corrected chi connectivity index (χ2v) is 24.7. The lowest BCUT2D eigenvalue weighted by atomic mass is 10.2. The average molecular weight is 811 g/mol. The molecular formula is C42H74O11Si2. The van der Waals surface area contributed by atoms with Crippen LogP contribution in [0.3, 0.4) is 0 Å². The van der Waals surface area contributed by atoms with Crippen LogP contribution in [-0.2, 0) is 51.5 Å². The smallest absolute Gasteiger partial charge is 0.261 e. The van der Waals surface area contributed by atoms with Gasteiger partial charge in [0.15, 0.2) is 8.32 Å². The summed E-state index contributed by atoms with van der Waals surface area (Å²) in [7, 11) is -4.24. The second kappa shape index (κ2) is 28.8. The molecule has 316 valence electrons. The van der Waals surface area contributed by atoms with Crippen LogP contribution in [0.2, 0.25) is 23.2 Å². The average Bonchev–Trinajstić information content (AvgIpc) is 3.15. The van der Waals surface area contributed by atoms with Gasteiger partial charge in [-0.1, -0.05) is 102 Å². The third kappa shape index (κ3) is 20.6. The van der Waals surface area contributed by atoms with Crippen LogP contribution in [0, 0.1) is 0 Å². The van der Waals surface area contributed by atoms with Gasteiger partial charge >= 0.3 is 0 Å². The van der Waals surface area contributed by atoms with E-state index in [4.69, 9.17) is 51.5 Å². The van der Waals surface area contributed by atoms with Crippen molar-refractivity contribution in [2.24, 2.45) is 0 Å². The van der Waals surface area contributed by atoms with E-state index in [1.165, 1.54) is 10.4 Å². The van der Waals surface area contributed by atoms with Crippen LogP contribution in [0.5, 0.6) is 0 Å². The fourth-order valence-corrected chi connectivity index (χ4v) is 11.0. The van der Waals surface area contributed by atoms with Crippen LogP contribution < -0.4 is 10.4 Å². The maximum Gasteiger partial charge on any atom is 0.261 e. The summed E-state index contributed by atoms with van der Waals surface area (Å²) in [5, 5.41) is 2.70. The Morgan fingerprint density at radius 1 is 0.327 bits per heavy atom. The van der Waals surface area contributed by atoms with Gasteiger partial charge in [0, 0.05) is 0 Å². The predicted octanol–water partition coefficient (Wildman–Crippen LogP) is 5.73. The van der Waals surface area contributed by atoms with E-state index in [9.17, 15) is 0 Å². The molecule has 0 atom stereocenters. The van der Waals surface area contributed by atoms with Gasteiger partial charge in [-0.25, -0.2) is 0 Å². The lowest BCUT2D eigenvalue weighted by molar-refractivity contribution is -0.0258. The van der Waals surface area contributed by atoms with Gasteiger partial charge < -0.3 is 51.5 Å². The highest BCUT2D eigenvalue weighted by Crippen LogP contribution is 2.37. The Bertz CT molecular complexity index is 1140. The Balaban J connectivity index is 1.32. The van der Waals surface area contributed by atoms with E-state index >= 15 is 0 Å². The Kier molecular flexibility index (Phi) is 25.9. The van der Waals surface area contributed by atoms with Crippen molar-refractivity contribution in [2.75, 3.05) is 132 Å². The molecule has 0 spiro atoms. The molecule has 0 radical (unpaired) electrons. The lowest BCUT2D eigenvalue weighted by Crippen LogP contribution is -2.66. The van der Waals surface area contributed by atoms with E-state index in [1.54, 1.807) is 0 Å². The van der Waals surface area contributed by atoms with Crippen LogP contribution in [0.25, 0.3) is 0 Å². The van der Waals surface area contributed by atoms with Crippen molar-refractivity contribution < 1.29 is 51.5 Å². The zero-order valence-electron chi connectivity index (χ0n) is 35.4. The fourth-order valence-electron chi connectivity index (χ4n) is 5.45. The second-order valence-electron chi connectivity index (χ2n) is 15.6. The predicted molar refractivity (Wildman–Crippen MR) is 224 cm³/mol. The molecule has 0 amide bonds. The summed E-state index contributed by atoms with van der Waals surface area (Å²) in [6.45, 7) is 28.6. The monoisotopic (exact) mass is 810 g/mol. The highest BCUT2D eigenvalue weighted by atomic mass is 28.4. The van der Waals surface area contributed by atoms with Gasteiger partial charge in [-0.3, -0.25) is 0 Å². The summed E-state index contributed by atoms with van der Waals surface area (Å²) in [5.74, 6) is 0. The number of hydrogen-bond donors (Lipinski definition) is 0. The van der Waals surface area contributed by atoms with E-state index in [1.807, 2.05) is 0 Å². The van der Waals surface area contributed by atoms with Gasteiger partial charge in [0.25, 0.3) is 8.32 Å². The first kappa shape index (κ1) is 49.6. The topological polar surface area (TPSA) is 102 Å². The zero-order chi connectivity index (χ0) is 40.1. The number of ether oxygens (including phenoxy) is 9. The third-order valence-electron chi connectivity index (χ3n) is 9.44. The van der Waals surface area contributed by atoms with E-state index in [-0.39, 0.29) is 10.1 Å². The van der Waals surface area contributed by atoms with E-state index in [2.05, 4.69) is 115 Å². The Hall–Kier alpha value is -1.57. The summed E-state index contributed by atoms with van der Waals surface area (Å²) in [6.07, 6.45) is 0. The molecule has 0 aliphatic heterocycles. The Morgan fingerprint density at radius 2 is 0.564 bits per heavy atom. The molecule has 55 heavy (non-hydrogen) atoms. The van der Waals surface area contributed by atoms with Crippen LogP contribution in [0.1, 0.15) is 41.5 Å². The molecule has 0 heterocycles. The molecule has 2 aromatic rings. The molecule has 11 nitrogen and oxygen atoms in total. The first-order chi connectivity index (χ1) is 26.4. The lowest BCUT2D eigenvalue weighted by Gasteiger charge is -2.43. The minimum Gasteiger partial charge on any atom is -0.414 e. The van der Waals surface area contributed by atoms with Crippen molar-refractivity contribution in [1.82, 2.24) is 0 Å².